The van der Waals surface area contributed by atoms with Crippen molar-refractivity contribution in [3.05, 3.63) is 0 Å². The summed E-state index contributed by atoms with van der Waals surface area (Å²) >= 11 is 0. The zero-order valence-corrected chi connectivity index (χ0v) is 5.48. The molecule has 0 aromatic heterocycles. The smallest absolute Gasteiger partial charge is 0.759 e. The summed E-state index contributed by atoms with van der Waals surface area (Å²) in [6, 6.07) is 0. The average Bonchev–Trinajstić information content (AvgIpc) is 0.722. The molecule has 0 unspecified atom stereocenters. The van der Waals surface area contributed by atoms with E-state index in [1.807, 2.05) is 0 Å². The first-order valence-corrected chi connectivity index (χ1v) is 2.00. The van der Waals surface area contributed by atoms with Gasteiger partial charge in [0, 0.05) is 10.4 Å². The summed E-state index contributed by atoms with van der Waals surface area (Å²) in [7, 11) is -5.17. The third-order valence-electron chi connectivity index (χ3n) is 0. The van der Waals surface area contributed by atoms with Gasteiger partial charge in [0.05, 0.1) is 0 Å². The van der Waals surface area contributed by atoms with Crippen LogP contribution in [0.5, 0.6) is 0 Å². The fourth-order valence-corrected chi connectivity index (χ4v) is 0. The van der Waals surface area contributed by atoms with E-state index in [2.05, 4.69) is 0 Å². The minimum absolute atomic E-state index is 0. The third kappa shape index (κ3) is 161. The maximum atomic E-state index is 8.52. The molecule has 0 saturated heterocycles. The van der Waals surface area contributed by atoms with Crippen LogP contribution in [-0.2, 0) is 10.4 Å². The standard InChI is InChI=1S/2Mg.H2O4S.H2O.2H/c;;1-5(2,3)4;;;/h;;(H2,1,2,3,4);1H2;;/q;+2;;;;/p-2. The van der Waals surface area contributed by atoms with Gasteiger partial charge in [-0.05, 0) is 0 Å². The van der Waals surface area contributed by atoms with E-state index in [1.54, 1.807) is 0 Å². The Bertz CT molecular complexity index is 93.6. The molecule has 0 aliphatic rings. The molecule has 0 aliphatic heterocycles. The Labute approximate surface area is 79.0 Å². The minimum Gasteiger partial charge on any atom is -0.759 e. The second-order valence-electron chi connectivity index (χ2n) is 0.408. The third-order valence-corrected chi connectivity index (χ3v) is 0. The average molecular weight is 165 g/mol. The van der Waals surface area contributed by atoms with E-state index in [-0.39, 0.29) is 51.6 Å². The molecular weight excluding hydrogens is 161 g/mol. The first kappa shape index (κ1) is 22.8. The summed E-state index contributed by atoms with van der Waals surface area (Å²) < 4.78 is 34.1. The number of hydrogen-bond donors (Lipinski definition) is 0. The molecule has 0 aliphatic carbocycles. The van der Waals surface area contributed by atoms with Gasteiger partial charge in [-0.2, -0.15) is 0 Å². The van der Waals surface area contributed by atoms with Crippen molar-refractivity contribution in [1.29, 1.82) is 0 Å². The second-order valence-corrected chi connectivity index (χ2v) is 1.22. The first-order chi connectivity index (χ1) is 2.00. The van der Waals surface area contributed by atoms with Crippen LogP contribution >= 0.6 is 0 Å². The molecule has 0 radical (unpaired) electrons. The van der Waals surface area contributed by atoms with Crippen LogP contribution in [0, 0.1) is 0 Å². The molecule has 0 atom stereocenters. The molecule has 2 N–H and O–H groups in total. The van der Waals surface area contributed by atoms with Gasteiger partial charge in [-0.1, -0.05) is 0 Å². The van der Waals surface area contributed by atoms with Crippen molar-refractivity contribution in [3.8, 4) is 0 Å². The molecule has 0 bridgehead atoms. The number of rotatable bonds is 0. The van der Waals surface area contributed by atoms with Crippen molar-refractivity contribution in [2.24, 2.45) is 0 Å². The molecule has 0 fully saturated rings. The van der Waals surface area contributed by atoms with Crippen molar-refractivity contribution in [3.63, 3.8) is 0 Å². The normalized spacial score (nSPS) is 7.25. The molecule has 0 aromatic rings. The van der Waals surface area contributed by atoms with Gasteiger partial charge < -0.3 is 14.6 Å². The van der Waals surface area contributed by atoms with Gasteiger partial charge in [0.25, 0.3) is 0 Å². The van der Waals surface area contributed by atoms with E-state index in [9.17, 15) is 0 Å². The quantitative estimate of drug-likeness (QED) is 0.210. The van der Waals surface area contributed by atoms with Crippen LogP contribution < -0.4 is 0 Å². The molecule has 44 valence electrons. The van der Waals surface area contributed by atoms with Gasteiger partial charge in [-0.3, -0.25) is 8.42 Å². The van der Waals surface area contributed by atoms with Gasteiger partial charge in [0.2, 0.25) is 0 Å². The Balaban J connectivity index is -0.0000000267. The molecule has 0 spiro atoms. The molecular formula is H4Mg2O5S. The molecule has 5 nitrogen and oxygen atoms in total. The Morgan fingerprint density at radius 2 is 1.12 bits per heavy atom. The Hall–Kier alpha value is 1.36. The molecule has 8 heteroatoms. The van der Waals surface area contributed by atoms with Crippen molar-refractivity contribution in [2.45, 2.75) is 0 Å². The fraction of sp³-hybridized carbons (Fsp3) is 0. The summed E-state index contributed by atoms with van der Waals surface area (Å²) in [6.07, 6.45) is 0. The zero-order valence-electron chi connectivity index (χ0n) is 3.25. The molecule has 0 amide bonds. The Morgan fingerprint density at radius 1 is 1.12 bits per heavy atom. The van der Waals surface area contributed by atoms with Crippen LogP contribution in [0.1, 0.15) is 0 Å². The van der Waals surface area contributed by atoms with Crippen LogP contribution in [0.4, 0.5) is 0 Å². The summed E-state index contributed by atoms with van der Waals surface area (Å²) in [5.41, 5.74) is 0. The van der Waals surface area contributed by atoms with Crippen molar-refractivity contribution in [2.75, 3.05) is 0 Å². The molecule has 0 heterocycles. The van der Waals surface area contributed by atoms with Gasteiger partial charge in [-0.25, -0.2) is 0 Å². The summed E-state index contributed by atoms with van der Waals surface area (Å²) in [5.74, 6) is 0. The maximum Gasteiger partial charge on any atom is 2.00 e. The van der Waals surface area contributed by atoms with Crippen LogP contribution in [-0.4, -0.2) is 69.1 Å². The maximum absolute atomic E-state index is 8.52. The van der Waals surface area contributed by atoms with E-state index >= 15 is 0 Å². The predicted molar refractivity (Wildman–Crippen MR) is 28.4 cm³/mol. The Morgan fingerprint density at radius 3 is 1.12 bits per heavy atom. The van der Waals surface area contributed by atoms with Crippen LogP contribution in [0.2, 0.25) is 0 Å². The minimum atomic E-state index is -5.17. The first-order valence-electron chi connectivity index (χ1n) is 0.667. The summed E-state index contributed by atoms with van der Waals surface area (Å²) in [5, 5.41) is 0. The van der Waals surface area contributed by atoms with Gasteiger partial charge in [0.15, 0.2) is 0 Å². The largest absolute Gasteiger partial charge is 2.00 e. The van der Waals surface area contributed by atoms with Gasteiger partial charge in [0.1, 0.15) is 0 Å². The van der Waals surface area contributed by atoms with E-state index in [0.29, 0.717) is 0 Å². The van der Waals surface area contributed by atoms with Crippen LogP contribution in [0.25, 0.3) is 0 Å². The zero-order chi connectivity index (χ0) is 4.50. The van der Waals surface area contributed by atoms with Gasteiger partial charge >= 0.3 is 46.1 Å². The summed E-state index contributed by atoms with van der Waals surface area (Å²) in [4.78, 5) is 0. The second kappa shape index (κ2) is 8.36. The molecule has 0 aromatic carbocycles. The van der Waals surface area contributed by atoms with E-state index in [4.69, 9.17) is 17.5 Å². The van der Waals surface area contributed by atoms with E-state index < -0.39 is 10.4 Å². The monoisotopic (exact) mass is 164 g/mol. The van der Waals surface area contributed by atoms with Crippen LogP contribution in [0.3, 0.4) is 0 Å². The SMILES string of the molecule is O.O=S(=O)([O-])[O-].[Mg+2].[MgH2]. The topological polar surface area (TPSA) is 112 Å². The molecule has 0 rings (SSSR count). The van der Waals surface area contributed by atoms with E-state index in [1.165, 1.54) is 0 Å². The predicted octanol–water partition coefficient (Wildman–Crippen LogP) is -3.46. The van der Waals surface area contributed by atoms with Crippen molar-refractivity contribution >= 4 is 56.5 Å². The van der Waals surface area contributed by atoms with Crippen molar-refractivity contribution < 1.29 is 23.0 Å². The van der Waals surface area contributed by atoms with Crippen LogP contribution in [0.15, 0.2) is 0 Å². The molecule has 8 heavy (non-hydrogen) atoms. The van der Waals surface area contributed by atoms with E-state index in [0.717, 1.165) is 0 Å². The Kier molecular flexibility index (Phi) is 23.8. The summed E-state index contributed by atoms with van der Waals surface area (Å²) in [6.45, 7) is 0. The fourth-order valence-electron chi connectivity index (χ4n) is 0. The number of hydrogen-bond acceptors (Lipinski definition) is 4. The molecule has 0 saturated carbocycles. The van der Waals surface area contributed by atoms with Crippen molar-refractivity contribution in [1.82, 2.24) is 0 Å². The van der Waals surface area contributed by atoms with Gasteiger partial charge in [-0.15, -0.1) is 0 Å².